The van der Waals surface area contributed by atoms with Crippen molar-refractivity contribution in [3.05, 3.63) is 149 Å². The molecule has 0 amide bonds. The van der Waals surface area contributed by atoms with Gasteiger partial charge in [0, 0.05) is 11.4 Å². The van der Waals surface area contributed by atoms with Crippen LogP contribution in [0.25, 0.3) is 22.7 Å². The van der Waals surface area contributed by atoms with Crippen LogP contribution in [0.4, 0.5) is 5.69 Å². The summed E-state index contributed by atoms with van der Waals surface area (Å²) in [5, 5.41) is 37.0. The van der Waals surface area contributed by atoms with Gasteiger partial charge in [-0.15, -0.1) is 0 Å². The van der Waals surface area contributed by atoms with Crippen LogP contribution in [-0.2, 0) is 0 Å². The Morgan fingerprint density at radius 2 is 1.35 bits per heavy atom. The zero-order chi connectivity index (χ0) is 35.1. The Kier molecular flexibility index (Phi) is 8.09. The molecule has 0 unspecified atom stereocenters. The number of ether oxygens (including phenoxy) is 1. The fraction of sp³-hybridized carbons (Fsp3) is 0.118. The smallest absolute Gasteiger partial charge is 0.335 e. The van der Waals surface area contributed by atoms with Crippen molar-refractivity contribution < 1.29 is 33.9 Å². The van der Waals surface area contributed by atoms with Crippen LogP contribution in [0.1, 0.15) is 54.9 Å². The van der Waals surface area contributed by atoms with Gasteiger partial charge in [-0.3, -0.25) is 29.9 Å². The van der Waals surface area contributed by atoms with Crippen LogP contribution >= 0.6 is 0 Å². The molecule has 15 heteroatoms. The summed E-state index contributed by atoms with van der Waals surface area (Å²) >= 11 is 0. The van der Waals surface area contributed by atoms with Gasteiger partial charge in [-0.1, -0.05) is 12.1 Å². The van der Waals surface area contributed by atoms with Gasteiger partial charge in [-0.25, -0.2) is 19.0 Å². The van der Waals surface area contributed by atoms with Gasteiger partial charge in [0.1, 0.15) is 17.3 Å². The van der Waals surface area contributed by atoms with E-state index in [4.69, 9.17) is 9.15 Å². The van der Waals surface area contributed by atoms with Crippen molar-refractivity contribution in [3.8, 4) is 28.4 Å². The van der Waals surface area contributed by atoms with Crippen LogP contribution in [0, 0.1) is 24.0 Å². The summed E-state index contributed by atoms with van der Waals surface area (Å²) in [5.41, 5.74) is -0.261. The van der Waals surface area contributed by atoms with Crippen LogP contribution in [0.15, 0.2) is 92.9 Å². The van der Waals surface area contributed by atoms with E-state index < -0.39 is 33.9 Å². The summed E-state index contributed by atoms with van der Waals surface area (Å²) in [6.07, 6.45) is 0. The minimum atomic E-state index is -1.19. The average molecular weight is 666 g/mol. The number of aromatic carboxylic acids is 2. The lowest BCUT2D eigenvalue weighted by Crippen LogP contribution is -2.25. The number of hydrogen-bond donors (Lipinski definition) is 4. The van der Waals surface area contributed by atoms with Crippen LogP contribution in [0.5, 0.6) is 5.75 Å². The number of nitro benzene ring substituents is 1. The van der Waals surface area contributed by atoms with Gasteiger partial charge in [-0.2, -0.15) is 0 Å². The Morgan fingerprint density at radius 3 is 1.82 bits per heavy atom. The molecule has 0 aliphatic carbocycles. The number of nitro groups is 1. The van der Waals surface area contributed by atoms with E-state index in [9.17, 15) is 39.5 Å². The molecule has 0 bridgehead atoms. The first-order valence-corrected chi connectivity index (χ1v) is 14.6. The summed E-state index contributed by atoms with van der Waals surface area (Å²) in [4.78, 5) is 63.2. The highest BCUT2D eigenvalue weighted by molar-refractivity contribution is 5.88. The van der Waals surface area contributed by atoms with Crippen molar-refractivity contribution in [2.45, 2.75) is 19.8 Å². The number of aromatic nitrogens is 4. The second-order valence-corrected chi connectivity index (χ2v) is 11.1. The number of carbonyl (C=O) groups is 2. The molecule has 0 fully saturated rings. The summed E-state index contributed by atoms with van der Waals surface area (Å²) in [7, 11) is 1.38. The number of nitrogens with zero attached hydrogens (tertiary/aromatic N) is 3. The van der Waals surface area contributed by atoms with Gasteiger partial charge in [0.25, 0.3) is 16.8 Å². The van der Waals surface area contributed by atoms with E-state index in [0.717, 1.165) is 9.36 Å². The van der Waals surface area contributed by atoms with E-state index >= 15 is 0 Å². The number of carboxylic acid groups (broad SMARTS) is 2. The first kappa shape index (κ1) is 32.1. The van der Waals surface area contributed by atoms with Crippen molar-refractivity contribution in [2.75, 3.05) is 7.11 Å². The maximum absolute atomic E-state index is 14.2. The number of benzene rings is 3. The van der Waals surface area contributed by atoms with Crippen molar-refractivity contribution >= 4 is 17.6 Å². The SMILES string of the molecule is COc1ccc(-c2ccc(C(c3c(C)[nH]n(-c4cccc(C(=O)O)c4)c3=O)c3c(C)[nH]n(-c4cccc(C(=O)O)c4)c3=O)o2)c([N+](=O)[O-])c1. The molecule has 3 heterocycles. The molecule has 3 aromatic carbocycles. The third kappa shape index (κ3) is 5.69. The van der Waals surface area contributed by atoms with Gasteiger partial charge in [0.2, 0.25) is 0 Å². The quantitative estimate of drug-likeness (QED) is 0.113. The maximum Gasteiger partial charge on any atom is 0.335 e. The molecule has 49 heavy (non-hydrogen) atoms. The molecule has 6 rings (SSSR count). The van der Waals surface area contributed by atoms with Crippen LogP contribution < -0.4 is 15.9 Å². The Bertz CT molecular complexity index is 2290. The van der Waals surface area contributed by atoms with E-state index in [1.807, 2.05) is 0 Å². The van der Waals surface area contributed by atoms with E-state index in [1.165, 1.54) is 73.8 Å². The lowest BCUT2D eigenvalue weighted by Gasteiger charge is -2.13. The first-order chi connectivity index (χ1) is 23.4. The second kappa shape index (κ2) is 12.4. The predicted molar refractivity (Wildman–Crippen MR) is 174 cm³/mol. The van der Waals surface area contributed by atoms with Crippen LogP contribution in [0.3, 0.4) is 0 Å². The zero-order valence-corrected chi connectivity index (χ0v) is 26.1. The number of H-pyrrole nitrogens is 2. The summed E-state index contributed by atoms with van der Waals surface area (Å²) in [6, 6.07) is 18.7. The minimum Gasteiger partial charge on any atom is -0.497 e. The Balaban J connectivity index is 1.59. The number of aromatic amines is 2. The molecule has 0 saturated heterocycles. The van der Waals surface area contributed by atoms with Crippen LogP contribution in [0.2, 0.25) is 0 Å². The molecule has 3 aromatic heterocycles. The molecule has 6 aromatic rings. The molecule has 4 N–H and O–H groups in total. The Morgan fingerprint density at radius 1 is 0.816 bits per heavy atom. The Hall–Kier alpha value is -6.90. The number of methoxy groups -OCH3 is 1. The molecular weight excluding hydrogens is 638 g/mol. The average Bonchev–Trinajstić information content (AvgIpc) is 3.77. The topological polar surface area (TPSA) is 216 Å². The number of furan rings is 1. The number of carboxylic acids is 2. The zero-order valence-electron chi connectivity index (χ0n) is 26.1. The summed E-state index contributed by atoms with van der Waals surface area (Å²) in [6.45, 7) is 3.21. The van der Waals surface area contributed by atoms with Crippen molar-refractivity contribution in [1.82, 2.24) is 19.6 Å². The van der Waals surface area contributed by atoms with E-state index in [-0.39, 0.29) is 62.1 Å². The summed E-state index contributed by atoms with van der Waals surface area (Å²) < 4.78 is 13.7. The molecule has 15 nitrogen and oxygen atoms in total. The molecule has 0 aliphatic heterocycles. The monoisotopic (exact) mass is 665 g/mol. The van der Waals surface area contributed by atoms with Crippen molar-refractivity contribution in [3.63, 3.8) is 0 Å². The standard InChI is InChI=1S/C34H27N5O10/c1-17-28(31(40)37(35-17)21-8-4-6-19(14-21)33(42)43)30(27-13-12-26(49-27)24-11-10-23(48-3)16-25(24)39(46)47)29-18(2)36-38(32(29)41)22-9-5-7-20(15-22)34(44)45/h4-16,30,35-36H,1-3H3,(H,42,43)(H,44,45). The van der Waals surface area contributed by atoms with Gasteiger partial charge >= 0.3 is 11.9 Å². The second-order valence-electron chi connectivity index (χ2n) is 11.1. The minimum absolute atomic E-state index is 0.0560. The predicted octanol–water partition coefficient (Wildman–Crippen LogP) is 5.01. The number of hydrogen-bond acceptors (Lipinski definition) is 8. The lowest BCUT2D eigenvalue weighted by molar-refractivity contribution is -0.384. The summed E-state index contributed by atoms with van der Waals surface area (Å²) in [5.74, 6) is -3.14. The highest BCUT2D eigenvalue weighted by atomic mass is 16.6. The lowest BCUT2D eigenvalue weighted by atomic mass is 9.89. The normalized spacial score (nSPS) is 11.2. The molecular formula is C34H27N5O10. The third-order valence-electron chi connectivity index (χ3n) is 8.09. The van der Waals surface area contributed by atoms with E-state index in [0.29, 0.717) is 11.4 Å². The Labute approximate surface area is 275 Å². The van der Waals surface area contributed by atoms with E-state index in [1.54, 1.807) is 26.0 Å². The van der Waals surface area contributed by atoms with Gasteiger partial charge in [-0.05, 0) is 74.5 Å². The highest BCUT2D eigenvalue weighted by Gasteiger charge is 2.34. The number of aryl methyl sites for hydroxylation is 2. The molecule has 0 radical (unpaired) electrons. The van der Waals surface area contributed by atoms with E-state index in [2.05, 4.69) is 10.2 Å². The van der Waals surface area contributed by atoms with Crippen LogP contribution in [-0.4, -0.2) is 53.7 Å². The molecule has 0 saturated carbocycles. The number of nitrogens with one attached hydrogen (secondary N) is 2. The fourth-order valence-corrected chi connectivity index (χ4v) is 5.80. The largest absolute Gasteiger partial charge is 0.497 e. The van der Waals surface area contributed by atoms with Crippen molar-refractivity contribution in [2.24, 2.45) is 0 Å². The van der Waals surface area contributed by atoms with Gasteiger partial charge < -0.3 is 19.4 Å². The molecule has 0 aliphatic rings. The first-order valence-electron chi connectivity index (χ1n) is 14.6. The molecule has 0 atom stereocenters. The van der Waals surface area contributed by atoms with Gasteiger partial charge in [0.15, 0.2) is 0 Å². The molecule has 248 valence electrons. The maximum atomic E-state index is 14.2. The third-order valence-corrected chi connectivity index (χ3v) is 8.09. The molecule has 0 spiro atoms. The fourth-order valence-electron chi connectivity index (χ4n) is 5.80. The van der Waals surface area contributed by atoms with Gasteiger partial charge in [0.05, 0.1) is 63.2 Å². The highest BCUT2D eigenvalue weighted by Crippen LogP contribution is 2.39. The number of rotatable bonds is 10. The van der Waals surface area contributed by atoms with Crippen molar-refractivity contribution in [1.29, 1.82) is 0 Å².